The van der Waals surface area contributed by atoms with Gasteiger partial charge in [-0.15, -0.1) is 0 Å². The lowest BCUT2D eigenvalue weighted by Gasteiger charge is -2.06. The van der Waals surface area contributed by atoms with Gasteiger partial charge in [-0.25, -0.2) is 8.78 Å². The second-order valence-electron chi connectivity index (χ2n) is 5.53. The second-order valence-corrected chi connectivity index (χ2v) is 5.53. The fourth-order valence-electron chi connectivity index (χ4n) is 2.94. The number of nitrogens with one attached hydrogen (secondary N) is 1. The lowest BCUT2D eigenvalue weighted by atomic mass is 10.1. The molecule has 0 saturated heterocycles. The maximum atomic E-state index is 14.2. The molecule has 4 rings (SSSR count). The molecule has 1 aromatic carbocycles. The molecule has 0 unspecified atom stereocenters. The minimum absolute atomic E-state index is 0.457. The molecule has 3 nitrogen and oxygen atoms in total. The number of nitrogens with zero attached hydrogens (tertiary/aromatic N) is 2. The maximum Gasteiger partial charge on any atom is 0.150 e. The Balaban J connectivity index is 1.86. The van der Waals surface area contributed by atoms with E-state index in [4.69, 9.17) is 0 Å². The van der Waals surface area contributed by atoms with Gasteiger partial charge in [0.05, 0.1) is 18.6 Å². The van der Waals surface area contributed by atoms with Gasteiger partial charge in [0, 0.05) is 24.2 Å². The lowest BCUT2D eigenvalue weighted by Crippen LogP contribution is -2.23. The number of fused-ring (bicyclic) bond motifs is 1. The van der Waals surface area contributed by atoms with Crippen molar-refractivity contribution >= 4 is 16.7 Å². The van der Waals surface area contributed by atoms with Crippen LogP contribution in [0.5, 0.6) is 0 Å². The van der Waals surface area contributed by atoms with Crippen LogP contribution in [0.2, 0.25) is 0 Å². The number of aliphatic imine (C=N–C) groups is 1. The third kappa shape index (κ3) is 1.88. The molecule has 1 N–H and O–H groups in total. The first kappa shape index (κ1) is 11.9. The highest BCUT2D eigenvalue weighted by Gasteiger charge is 2.28. The van der Waals surface area contributed by atoms with E-state index < -0.39 is 11.6 Å². The summed E-state index contributed by atoms with van der Waals surface area (Å²) in [5, 5.41) is 3.90. The minimum atomic E-state index is -0.508. The fraction of sp³-hybridized carbons (Fsp3) is 0.400. The van der Waals surface area contributed by atoms with Crippen LogP contribution < -0.4 is 5.32 Å². The predicted molar refractivity (Wildman–Crippen MR) is 74.1 cm³/mol. The zero-order valence-electron chi connectivity index (χ0n) is 11.0. The van der Waals surface area contributed by atoms with Gasteiger partial charge >= 0.3 is 0 Å². The number of hydrogen-bond acceptors (Lipinski definition) is 2. The van der Waals surface area contributed by atoms with Crippen LogP contribution in [0.25, 0.3) is 10.9 Å². The van der Waals surface area contributed by atoms with Crippen LogP contribution in [0, 0.1) is 11.6 Å². The Morgan fingerprint density at radius 2 is 2.15 bits per heavy atom. The standard InChI is InChI=1S/C15H15F2N3/c16-10-5-11-12(9-1-2-9)7-20(15(11)13(17)6-10)8-14-18-3-4-19-14/h5-7,9H,1-4,8H2,(H,18,19). The van der Waals surface area contributed by atoms with E-state index in [1.54, 1.807) is 0 Å². The van der Waals surface area contributed by atoms with E-state index in [0.717, 1.165) is 43.4 Å². The molecule has 0 amide bonds. The van der Waals surface area contributed by atoms with E-state index in [0.29, 0.717) is 23.4 Å². The summed E-state index contributed by atoms with van der Waals surface area (Å²) in [5.74, 6) is 0.322. The molecule has 104 valence electrons. The molecule has 1 aliphatic carbocycles. The first-order chi connectivity index (χ1) is 9.72. The maximum absolute atomic E-state index is 14.2. The monoisotopic (exact) mass is 275 g/mol. The minimum Gasteiger partial charge on any atom is -0.370 e. The second kappa shape index (κ2) is 4.30. The Morgan fingerprint density at radius 1 is 1.30 bits per heavy atom. The Hall–Kier alpha value is -1.91. The highest BCUT2D eigenvalue weighted by molar-refractivity contribution is 5.89. The molecule has 0 bridgehead atoms. The molecule has 1 saturated carbocycles. The molecule has 2 aliphatic rings. The van der Waals surface area contributed by atoms with Crippen molar-refractivity contribution < 1.29 is 8.78 Å². The third-order valence-electron chi connectivity index (χ3n) is 4.00. The molecule has 0 radical (unpaired) electrons. The average molecular weight is 275 g/mol. The van der Waals surface area contributed by atoms with E-state index in [1.165, 1.54) is 6.07 Å². The molecule has 2 heterocycles. The number of amidine groups is 1. The van der Waals surface area contributed by atoms with Gasteiger partial charge in [0.25, 0.3) is 0 Å². The normalized spacial score (nSPS) is 18.4. The van der Waals surface area contributed by atoms with Gasteiger partial charge in [-0.3, -0.25) is 4.99 Å². The van der Waals surface area contributed by atoms with Crippen molar-refractivity contribution in [1.29, 1.82) is 0 Å². The quantitative estimate of drug-likeness (QED) is 0.917. The summed E-state index contributed by atoms with van der Waals surface area (Å²) in [7, 11) is 0. The summed E-state index contributed by atoms with van der Waals surface area (Å²) in [6.45, 7) is 2.12. The Labute approximate surface area is 115 Å². The van der Waals surface area contributed by atoms with Gasteiger partial charge in [-0.2, -0.15) is 0 Å². The van der Waals surface area contributed by atoms with E-state index in [9.17, 15) is 8.78 Å². The van der Waals surface area contributed by atoms with Crippen molar-refractivity contribution in [2.75, 3.05) is 13.1 Å². The molecular weight excluding hydrogens is 260 g/mol. The number of rotatable bonds is 3. The van der Waals surface area contributed by atoms with E-state index in [2.05, 4.69) is 10.3 Å². The molecule has 2 aromatic rings. The molecule has 1 fully saturated rings. The van der Waals surface area contributed by atoms with Crippen molar-refractivity contribution in [3.8, 4) is 0 Å². The summed E-state index contributed by atoms with van der Waals surface area (Å²) < 4.78 is 29.5. The summed E-state index contributed by atoms with van der Waals surface area (Å²) in [5.41, 5.74) is 1.56. The molecule has 0 atom stereocenters. The van der Waals surface area contributed by atoms with Gasteiger partial charge in [0.2, 0.25) is 0 Å². The number of halogens is 2. The zero-order valence-corrected chi connectivity index (χ0v) is 11.0. The van der Waals surface area contributed by atoms with Crippen molar-refractivity contribution in [1.82, 2.24) is 9.88 Å². The van der Waals surface area contributed by atoms with Crippen LogP contribution in [0.15, 0.2) is 23.3 Å². The molecular formula is C15H15F2N3. The SMILES string of the molecule is Fc1cc(F)c2c(c1)c(C1CC1)cn2CC1=NCCN1. The van der Waals surface area contributed by atoms with Gasteiger partial charge in [0.1, 0.15) is 17.5 Å². The molecule has 1 aromatic heterocycles. The smallest absolute Gasteiger partial charge is 0.150 e. The Kier molecular flexibility index (Phi) is 2.55. The number of aromatic nitrogens is 1. The molecule has 5 heteroatoms. The summed E-state index contributed by atoms with van der Waals surface area (Å²) in [4.78, 5) is 4.34. The number of benzene rings is 1. The molecule has 0 spiro atoms. The van der Waals surface area contributed by atoms with Gasteiger partial charge in [0.15, 0.2) is 0 Å². The van der Waals surface area contributed by atoms with Crippen molar-refractivity contribution in [2.45, 2.75) is 25.3 Å². The van der Waals surface area contributed by atoms with Crippen LogP contribution in [0.1, 0.15) is 24.3 Å². The summed E-state index contributed by atoms with van der Waals surface area (Å²) in [6, 6.07) is 2.41. The van der Waals surface area contributed by atoms with Crippen LogP contribution in [-0.4, -0.2) is 23.5 Å². The molecule has 20 heavy (non-hydrogen) atoms. The Morgan fingerprint density at radius 3 is 2.85 bits per heavy atom. The van der Waals surface area contributed by atoms with Crippen LogP contribution in [-0.2, 0) is 6.54 Å². The average Bonchev–Trinajstić information content (AvgIpc) is 3.00. The van der Waals surface area contributed by atoms with Crippen molar-refractivity contribution in [2.24, 2.45) is 4.99 Å². The van der Waals surface area contributed by atoms with Crippen LogP contribution in [0.4, 0.5) is 8.78 Å². The number of hydrogen-bond donors (Lipinski definition) is 1. The highest BCUT2D eigenvalue weighted by atomic mass is 19.1. The van der Waals surface area contributed by atoms with Gasteiger partial charge in [-0.05, 0) is 30.4 Å². The summed E-state index contributed by atoms with van der Waals surface area (Å²) in [6.07, 6.45) is 4.18. The third-order valence-corrected chi connectivity index (χ3v) is 4.00. The summed E-state index contributed by atoms with van der Waals surface area (Å²) >= 11 is 0. The van der Waals surface area contributed by atoms with E-state index >= 15 is 0 Å². The topological polar surface area (TPSA) is 29.3 Å². The van der Waals surface area contributed by atoms with Crippen LogP contribution in [0.3, 0.4) is 0 Å². The van der Waals surface area contributed by atoms with Crippen molar-refractivity contribution in [3.05, 3.63) is 35.5 Å². The first-order valence-electron chi connectivity index (χ1n) is 6.97. The van der Waals surface area contributed by atoms with Gasteiger partial charge in [-0.1, -0.05) is 0 Å². The largest absolute Gasteiger partial charge is 0.370 e. The molecule has 1 aliphatic heterocycles. The zero-order chi connectivity index (χ0) is 13.7. The van der Waals surface area contributed by atoms with E-state index in [1.807, 2.05) is 10.8 Å². The van der Waals surface area contributed by atoms with Gasteiger partial charge < -0.3 is 9.88 Å². The lowest BCUT2D eigenvalue weighted by molar-refractivity contribution is 0.587. The van der Waals surface area contributed by atoms with E-state index in [-0.39, 0.29) is 0 Å². The first-order valence-corrected chi connectivity index (χ1v) is 6.97. The Bertz CT molecular complexity index is 713. The highest BCUT2D eigenvalue weighted by Crippen LogP contribution is 2.44. The van der Waals surface area contributed by atoms with Crippen LogP contribution >= 0.6 is 0 Å². The predicted octanol–water partition coefficient (Wildman–Crippen LogP) is 2.80. The van der Waals surface area contributed by atoms with Crippen molar-refractivity contribution in [3.63, 3.8) is 0 Å². The fourth-order valence-corrected chi connectivity index (χ4v) is 2.94.